The molecule has 22 heavy (non-hydrogen) atoms. The molecule has 0 bridgehead atoms. The van der Waals surface area contributed by atoms with Crippen LogP contribution in [0.1, 0.15) is 28.1 Å². The second-order valence-corrected chi connectivity index (χ2v) is 6.49. The monoisotopic (exact) mass is 322 g/mol. The number of rotatable bonds is 5. The van der Waals surface area contributed by atoms with Crippen molar-refractivity contribution in [1.82, 2.24) is 19.7 Å². The van der Waals surface area contributed by atoms with Gasteiger partial charge < -0.3 is 9.84 Å². The van der Waals surface area contributed by atoms with Crippen LogP contribution in [0.2, 0.25) is 0 Å². The molecule has 0 spiro atoms. The number of ether oxygens (including phenoxy) is 1. The Morgan fingerprint density at radius 2 is 2.32 bits per heavy atom. The SMILES string of the molecule is Cc1nn(CCO)c(C)c1CN1CCOC(c2nccs2)C1. The number of aryl methyl sites for hydroxylation is 1. The molecule has 0 aliphatic carbocycles. The standard InChI is InChI=1S/C15H22N4O2S/c1-11-13(12(2)19(17-11)4-6-20)9-18-5-7-21-14(10-18)15-16-3-8-22-15/h3,8,14,20H,4-7,9-10H2,1-2H3. The number of aromatic nitrogens is 3. The average molecular weight is 322 g/mol. The minimum atomic E-state index is 0.0712. The van der Waals surface area contributed by atoms with Gasteiger partial charge >= 0.3 is 0 Å². The van der Waals surface area contributed by atoms with E-state index in [0.29, 0.717) is 6.54 Å². The molecule has 1 aliphatic rings. The van der Waals surface area contributed by atoms with Gasteiger partial charge in [-0.2, -0.15) is 5.10 Å². The van der Waals surface area contributed by atoms with Crippen LogP contribution in [0.25, 0.3) is 0 Å². The zero-order valence-corrected chi connectivity index (χ0v) is 13.8. The van der Waals surface area contributed by atoms with E-state index in [2.05, 4.69) is 21.9 Å². The number of aliphatic hydroxyl groups is 1. The Morgan fingerprint density at radius 1 is 1.45 bits per heavy atom. The second-order valence-electron chi connectivity index (χ2n) is 5.56. The van der Waals surface area contributed by atoms with Crippen LogP contribution < -0.4 is 0 Å². The van der Waals surface area contributed by atoms with Crippen molar-refractivity contribution in [2.24, 2.45) is 0 Å². The number of nitrogens with zero attached hydrogens (tertiary/aromatic N) is 4. The van der Waals surface area contributed by atoms with Crippen molar-refractivity contribution in [2.75, 3.05) is 26.3 Å². The Hall–Kier alpha value is -1.28. The Labute approximate surface area is 134 Å². The van der Waals surface area contributed by atoms with E-state index in [4.69, 9.17) is 9.84 Å². The predicted octanol–water partition coefficient (Wildman–Crippen LogP) is 1.52. The number of aliphatic hydroxyl groups excluding tert-OH is 1. The fraction of sp³-hybridized carbons (Fsp3) is 0.600. The van der Waals surface area contributed by atoms with E-state index in [0.717, 1.165) is 42.6 Å². The van der Waals surface area contributed by atoms with Crippen LogP contribution in [0.15, 0.2) is 11.6 Å². The van der Waals surface area contributed by atoms with E-state index in [1.807, 2.05) is 23.2 Å². The zero-order valence-electron chi connectivity index (χ0n) is 13.0. The first-order valence-electron chi connectivity index (χ1n) is 7.56. The molecule has 0 amide bonds. The lowest BCUT2D eigenvalue weighted by Gasteiger charge is -2.32. The van der Waals surface area contributed by atoms with Crippen LogP contribution >= 0.6 is 11.3 Å². The third-order valence-corrected chi connectivity index (χ3v) is 4.97. The van der Waals surface area contributed by atoms with Crippen LogP contribution in [0, 0.1) is 13.8 Å². The van der Waals surface area contributed by atoms with Gasteiger partial charge in [-0.1, -0.05) is 0 Å². The average Bonchev–Trinajstić information content (AvgIpc) is 3.13. The van der Waals surface area contributed by atoms with Gasteiger partial charge in [-0.15, -0.1) is 11.3 Å². The van der Waals surface area contributed by atoms with Gasteiger partial charge in [0.05, 0.1) is 25.5 Å². The molecule has 1 N–H and O–H groups in total. The Balaban J connectivity index is 1.70. The fourth-order valence-corrected chi connectivity index (χ4v) is 3.57. The van der Waals surface area contributed by atoms with E-state index in [1.54, 1.807) is 11.3 Å². The molecule has 2 aromatic heterocycles. The first-order valence-corrected chi connectivity index (χ1v) is 8.44. The topological polar surface area (TPSA) is 63.4 Å². The summed E-state index contributed by atoms with van der Waals surface area (Å²) in [6, 6.07) is 0. The van der Waals surface area contributed by atoms with Gasteiger partial charge in [0.2, 0.25) is 0 Å². The maximum atomic E-state index is 9.11. The Morgan fingerprint density at radius 3 is 3.05 bits per heavy atom. The smallest absolute Gasteiger partial charge is 0.123 e. The van der Waals surface area contributed by atoms with E-state index in [-0.39, 0.29) is 12.7 Å². The summed E-state index contributed by atoms with van der Waals surface area (Å²) in [6.07, 6.45) is 1.90. The summed E-state index contributed by atoms with van der Waals surface area (Å²) in [6.45, 7) is 8.16. The largest absolute Gasteiger partial charge is 0.394 e. The van der Waals surface area contributed by atoms with Crippen molar-refractivity contribution in [2.45, 2.75) is 33.0 Å². The summed E-state index contributed by atoms with van der Waals surface area (Å²) < 4.78 is 7.74. The van der Waals surface area contributed by atoms with Crippen molar-refractivity contribution in [3.63, 3.8) is 0 Å². The number of thiazole rings is 1. The molecule has 0 radical (unpaired) electrons. The van der Waals surface area contributed by atoms with Gasteiger partial charge in [0, 0.05) is 42.5 Å². The predicted molar refractivity (Wildman–Crippen MR) is 84.9 cm³/mol. The summed E-state index contributed by atoms with van der Waals surface area (Å²) in [7, 11) is 0. The molecule has 0 saturated carbocycles. The van der Waals surface area contributed by atoms with Gasteiger partial charge in [-0.3, -0.25) is 9.58 Å². The summed E-state index contributed by atoms with van der Waals surface area (Å²) in [5.74, 6) is 0. The molecule has 0 aromatic carbocycles. The molecular weight excluding hydrogens is 300 g/mol. The highest BCUT2D eigenvalue weighted by atomic mass is 32.1. The second kappa shape index (κ2) is 6.87. The molecule has 7 heteroatoms. The highest BCUT2D eigenvalue weighted by Crippen LogP contribution is 2.25. The van der Waals surface area contributed by atoms with E-state index in [9.17, 15) is 0 Å². The summed E-state index contributed by atoms with van der Waals surface area (Å²) in [4.78, 5) is 6.77. The van der Waals surface area contributed by atoms with E-state index < -0.39 is 0 Å². The molecule has 1 aliphatic heterocycles. The Bertz CT molecular complexity index is 611. The van der Waals surface area contributed by atoms with Crippen LogP contribution in [-0.2, 0) is 17.8 Å². The molecule has 3 rings (SSSR count). The number of morpholine rings is 1. The van der Waals surface area contributed by atoms with Crippen molar-refractivity contribution in [3.05, 3.63) is 33.5 Å². The van der Waals surface area contributed by atoms with E-state index in [1.165, 1.54) is 5.56 Å². The number of hydrogen-bond acceptors (Lipinski definition) is 6. The maximum absolute atomic E-state index is 9.11. The van der Waals surface area contributed by atoms with Crippen LogP contribution in [-0.4, -0.2) is 51.1 Å². The minimum absolute atomic E-state index is 0.0712. The molecule has 2 aromatic rings. The summed E-state index contributed by atoms with van der Waals surface area (Å²) >= 11 is 1.65. The van der Waals surface area contributed by atoms with Crippen LogP contribution in [0.4, 0.5) is 0 Å². The highest BCUT2D eigenvalue weighted by molar-refractivity contribution is 7.09. The fourth-order valence-electron chi connectivity index (χ4n) is 2.89. The van der Waals surface area contributed by atoms with Gasteiger partial charge in [-0.25, -0.2) is 4.98 Å². The zero-order chi connectivity index (χ0) is 15.5. The molecular formula is C15H22N4O2S. The van der Waals surface area contributed by atoms with Crippen LogP contribution in [0.5, 0.6) is 0 Å². The molecule has 6 nitrogen and oxygen atoms in total. The quantitative estimate of drug-likeness (QED) is 0.904. The highest BCUT2D eigenvalue weighted by Gasteiger charge is 2.25. The molecule has 3 heterocycles. The number of hydrogen-bond donors (Lipinski definition) is 1. The summed E-state index contributed by atoms with van der Waals surface area (Å²) in [5, 5.41) is 16.7. The normalized spacial score (nSPS) is 19.7. The van der Waals surface area contributed by atoms with Crippen molar-refractivity contribution < 1.29 is 9.84 Å². The molecule has 1 unspecified atom stereocenters. The maximum Gasteiger partial charge on any atom is 0.123 e. The van der Waals surface area contributed by atoms with Gasteiger partial charge in [-0.05, 0) is 13.8 Å². The van der Waals surface area contributed by atoms with E-state index >= 15 is 0 Å². The third kappa shape index (κ3) is 3.22. The van der Waals surface area contributed by atoms with Gasteiger partial charge in [0.25, 0.3) is 0 Å². The van der Waals surface area contributed by atoms with Crippen LogP contribution in [0.3, 0.4) is 0 Å². The lowest BCUT2D eigenvalue weighted by molar-refractivity contribution is -0.0331. The van der Waals surface area contributed by atoms with Crippen molar-refractivity contribution >= 4 is 11.3 Å². The molecule has 120 valence electrons. The Kier molecular flexibility index (Phi) is 4.87. The third-order valence-electron chi connectivity index (χ3n) is 4.10. The minimum Gasteiger partial charge on any atom is -0.394 e. The first-order chi connectivity index (χ1) is 10.7. The molecule has 1 atom stereocenters. The molecule has 1 saturated heterocycles. The van der Waals surface area contributed by atoms with Crippen molar-refractivity contribution in [3.8, 4) is 0 Å². The lowest BCUT2D eigenvalue weighted by atomic mass is 10.1. The van der Waals surface area contributed by atoms with Gasteiger partial charge in [0.15, 0.2) is 0 Å². The van der Waals surface area contributed by atoms with Gasteiger partial charge in [0.1, 0.15) is 11.1 Å². The summed E-state index contributed by atoms with van der Waals surface area (Å²) in [5.41, 5.74) is 3.44. The molecule has 1 fully saturated rings. The first kappa shape index (κ1) is 15.6. The van der Waals surface area contributed by atoms with Crippen molar-refractivity contribution in [1.29, 1.82) is 0 Å². The lowest BCUT2D eigenvalue weighted by Crippen LogP contribution is -2.38.